The van der Waals surface area contributed by atoms with Gasteiger partial charge in [0.05, 0.1) is 0 Å². The second-order valence-electron chi connectivity index (χ2n) is 6.91. The molecule has 0 bridgehead atoms. The Morgan fingerprint density at radius 2 is 1.97 bits per heavy atom. The summed E-state index contributed by atoms with van der Waals surface area (Å²) >= 11 is 0. The van der Waals surface area contributed by atoms with Crippen molar-refractivity contribution in [1.29, 1.82) is 0 Å². The van der Waals surface area contributed by atoms with E-state index in [-0.39, 0.29) is 41.9 Å². The molecule has 2 aromatic rings. The molecule has 11 heteroatoms. The molecule has 0 radical (unpaired) electrons. The van der Waals surface area contributed by atoms with Gasteiger partial charge in [0.2, 0.25) is 5.88 Å². The highest BCUT2D eigenvalue weighted by Crippen LogP contribution is 2.33. The van der Waals surface area contributed by atoms with E-state index >= 15 is 0 Å². The van der Waals surface area contributed by atoms with E-state index in [0.29, 0.717) is 18.7 Å². The number of hydrogen-bond acceptors (Lipinski definition) is 5. The number of aromatic nitrogens is 1. The summed E-state index contributed by atoms with van der Waals surface area (Å²) in [5.41, 5.74) is -0.863. The minimum absolute atomic E-state index is 0.0262. The number of nitrogens with one attached hydrogen (secondary N) is 1. The number of carboxylic acid groups (broad SMARTS) is 1. The van der Waals surface area contributed by atoms with E-state index in [1.165, 1.54) is 18.2 Å². The first-order chi connectivity index (χ1) is 14.2. The molecule has 2 amide bonds. The lowest BCUT2D eigenvalue weighted by atomic mass is 10.2. The lowest BCUT2D eigenvalue weighted by Crippen LogP contribution is -2.31. The lowest BCUT2D eigenvalue weighted by molar-refractivity contribution is -0.141. The molecule has 2 N–H and O–H groups in total. The van der Waals surface area contributed by atoms with Crippen LogP contribution in [0, 0.1) is 0 Å². The van der Waals surface area contributed by atoms with Crippen LogP contribution in [0.3, 0.4) is 0 Å². The van der Waals surface area contributed by atoms with Gasteiger partial charge in [-0.05, 0) is 29.8 Å². The third-order valence-corrected chi connectivity index (χ3v) is 4.67. The summed E-state index contributed by atoms with van der Waals surface area (Å²) in [6, 6.07) is 7.98. The second kappa shape index (κ2) is 7.48. The maximum absolute atomic E-state index is 13.1. The Morgan fingerprint density at radius 1 is 1.23 bits per heavy atom. The summed E-state index contributed by atoms with van der Waals surface area (Å²) in [6.07, 6.45) is -5.95. The molecule has 2 unspecified atom stereocenters. The number of fused-ring (bicyclic) bond motifs is 1. The third-order valence-electron chi connectivity index (χ3n) is 4.67. The summed E-state index contributed by atoms with van der Waals surface area (Å²) in [6.45, 7) is 0.655. The predicted molar refractivity (Wildman–Crippen MR) is 95.2 cm³/mol. The number of benzene rings is 1. The summed E-state index contributed by atoms with van der Waals surface area (Å²) in [7, 11) is 0. The number of epoxide rings is 1. The third kappa shape index (κ3) is 4.46. The molecule has 8 nitrogen and oxygen atoms in total. The van der Waals surface area contributed by atoms with Crippen LogP contribution < -0.4 is 10.1 Å². The van der Waals surface area contributed by atoms with Gasteiger partial charge in [0, 0.05) is 31.3 Å². The molecule has 0 aliphatic carbocycles. The molecule has 4 rings (SSSR count). The van der Waals surface area contributed by atoms with Gasteiger partial charge in [-0.2, -0.15) is 13.2 Å². The SMILES string of the molecule is O=C(O)NCc1cc(Oc2cccc(C(=O)N3CC4OC4C3)c2)nc(C(F)(F)F)c1. The first-order valence-corrected chi connectivity index (χ1v) is 8.96. The van der Waals surface area contributed by atoms with Crippen molar-refractivity contribution in [2.24, 2.45) is 0 Å². The highest BCUT2D eigenvalue weighted by molar-refractivity contribution is 5.95. The number of carbonyl (C=O) groups excluding carboxylic acids is 1. The van der Waals surface area contributed by atoms with E-state index in [9.17, 15) is 22.8 Å². The average Bonchev–Trinajstić information content (AvgIpc) is 3.30. The van der Waals surface area contributed by atoms with Crippen LogP contribution in [0.25, 0.3) is 0 Å². The molecular formula is C19H16F3N3O5. The van der Waals surface area contributed by atoms with E-state index in [1.54, 1.807) is 17.0 Å². The quantitative estimate of drug-likeness (QED) is 0.717. The van der Waals surface area contributed by atoms with Crippen molar-refractivity contribution in [1.82, 2.24) is 15.2 Å². The van der Waals surface area contributed by atoms with Gasteiger partial charge in [0.25, 0.3) is 5.91 Å². The van der Waals surface area contributed by atoms with Crippen LogP contribution in [0.2, 0.25) is 0 Å². The zero-order chi connectivity index (χ0) is 21.5. The van der Waals surface area contributed by atoms with Gasteiger partial charge in [-0.25, -0.2) is 9.78 Å². The monoisotopic (exact) mass is 423 g/mol. The smallest absolute Gasteiger partial charge is 0.433 e. The molecule has 158 valence electrons. The molecule has 3 heterocycles. The van der Waals surface area contributed by atoms with Crippen LogP contribution in [0.5, 0.6) is 11.6 Å². The number of ether oxygens (including phenoxy) is 2. The Bertz CT molecular complexity index is 988. The molecule has 0 saturated carbocycles. The first kappa shape index (κ1) is 20.0. The fourth-order valence-corrected chi connectivity index (χ4v) is 3.21. The highest BCUT2D eigenvalue weighted by atomic mass is 19.4. The molecule has 30 heavy (non-hydrogen) atoms. The van der Waals surface area contributed by atoms with E-state index in [0.717, 1.165) is 6.07 Å². The number of morpholine rings is 1. The minimum Gasteiger partial charge on any atom is -0.465 e. The molecule has 2 saturated heterocycles. The van der Waals surface area contributed by atoms with Crippen molar-refractivity contribution >= 4 is 12.0 Å². The van der Waals surface area contributed by atoms with Gasteiger partial charge in [0.1, 0.15) is 23.7 Å². The number of carbonyl (C=O) groups is 2. The number of alkyl halides is 3. The number of rotatable bonds is 5. The zero-order valence-electron chi connectivity index (χ0n) is 15.3. The van der Waals surface area contributed by atoms with E-state index in [4.69, 9.17) is 14.6 Å². The van der Waals surface area contributed by atoms with Crippen molar-refractivity contribution in [2.75, 3.05) is 13.1 Å². The molecular weight excluding hydrogens is 407 g/mol. The van der Waals surface area contributed by atoms with Gasteiger partial charge >= 0.3 is 12.3 Å². The number of halogens is 3. The number of pyridine rings is 1. The van der Waals surface area contributed by atoms with E-state index in [2.05, 4.69) is 4.98 Å². The molecule has 2 atom stereocenters. The summed E-state index contributed by atoms with van der Waals surface area (Å²) in [5.74, 6) is -0.461. The summed E-state index contributed by atoms with van der Waals surface area (Å²) in [4.78, 5) is 28.3. The molecule has 1 aromatic heterocycles. The Morgan fingerprint density at radius 3 is 2.63 bits per heavy atom. The molecule has 1 aromatic carbocycles. The van der Waals surface area contributed by atoms with Gasteiger partial charge in [0.15, 0.2) is 0 Å². The zero-order valence-corrected chi connectivity index (χ0v) is 15.3. The van der Waals surface area contributed by atoms with Crippen LogP contribution in [-0.4, -0.2) is 52.3 Å². The van der Waals surface area contributed by atoms with Crippen molar-refractivity contribution in [3.8, 4) is 11.6 Å². The Kier molecular flexibility index (Phi) is 4.98. The van der Waals surface area contributed by atoms with Crippen molar-refractivity contribution in [3.63, 3.8) is 0 Å². The van der Waals surface area contributed by atoms with Crippen LogP contribution in [0.15, 0.2) is 36.4 Å². The van der Waals surface area contributed by atoms with Crippen molar-refractivity contribution < 1.29 is 37.3 Å². The standard InChI is InChI=1S/C19H16F3N3O5/c20-19(21,22)15-4-10(7-23-18(27)28)5-16(24-15)29-12-3-1-2-11(6-12)17(26)25-8-13-14(9-25)30-13/h1-6,13-14,23H,7-9H2,(H,27,28). The average molecular weight is 423 g/mol. The van der Waals surface area contributed by atoms with E-state index in [1.807, 2.05) is 5.32 Å². The minimum atomic E-state index is -4.74. The Labute approximate surface area is 168 Å². The fourth-order valence-electron chi connectivity index (χ4n) is 3.21. The van der Waals surface area contributed by atoms with Gasteiger partial charge in [-0.3, -0.25) is 4.79 Å². The maximum Gasteiger partial charge on any atom is 0.433 e. The van der Waals surface area contributed by atoms with Gasteiger partial charge in [-0.15, -0.1) is 0 Å². The van der Waals surface area contributed by atoms with Gasteiger partial charge in [-0.1, -0.05) is 6.07 Å². The molecule has 0 spiro atoms. The van der Waals surface area contributed by atoms with Gasteiger partial charge < -0.3 is 24.8 Å². The van der Waals surface area contributed by atoms with E-state index < -0.39 is 18.0 Å². The van der Waals surface area contributed by atoms with Crippen molar-refractivity contribution in [2.45, 2.75) is 24.9 Å². The van der Waals surface area contributed by atoms with Crippen LogP contribution in [-0.2, 0) is 17.5 Å². The number of likely N-dealkylation sites (tertiary alicyclic amines) is 1. The highest BCUT2D eigenvalue weighted by Gasteiger charge is 2.48. The van der Waals surface area contributed by atoms with Crippen LogP contribution in [0.4, 0.5) is 18.0 Å². The second-order valence-corrected chi connectivity index (χ2v) is 6.91. The fraction of sp³-hybridized carbons (Fsp3) is 0.316. The number of hydrogen-bond donors (Lipinski definition) is 2. The first-order valence-electron chi connectivity index (χ1n) is 8.96. The Hall–Kier alpha value is -3.34. The molecule has 2 fully saturated rings. The normalized spacial score (nSPS) is 19.9. The largest absolute Gasteiger partial charge is 0.465 e. The lowest BCUT2D eigenvalue weighted by Gasteiger charge is -2.18. The van der Waals surface area contributed by atoms with Crippen LogP contribution >= 0.6 is 0 Å². The number of nitrogens with zero attached hydrogens (tertiary/aromatic N) is 2. The van der Waals surface area contributed by atoms with Crippen LogP contribution in [0.1, 0.15) is 21.6 Å². The molecule has 2 aliphatic rings. The molecule has 2 aliphatic heterocycles. The Balaban J connectivity index is 1.54. The van der Waals surface area contributed by atoms with Crippen molar-refractivity contribution in [3.05, 3.63) is 53.2 Å². The summed E-state index contributed by atoms with van der Waals surface area (Å²) < 4.78 is 50.2. The number of amides is 2. The maximum atomic E-state index is 13.1. The summed E-state index contributed by atoms with van der Waals surface area (Å²) in [5, 5.41) is 10.7. The predicted octanol–water partition coefficient (Wildman–Crippen LogP) is 2.88. The topological polar surface area (TPSA) is 104 Å².